The van der Waals surface area contributed by atoms with E-state index in [9.17, 15) is 18.0 Å². The molecule has 0 unspecified atom stereocenters. The van der Waals surface area contributed by atoms with Crippen molar-refractivity contribution in [3.8, 4) is 11.3 Å². The zero-order valence-electron chi connectivity index (χ0n) is 11.2. The number of carbonyl (C=O) groups is 1. The molecule has 0 saturated carbocycles. The zero-order valence-corrected chi connectivity index (χ0v) is 12.8. The molecule has 1 N–H and O–H groups in total. The topological polar surface area (TPSA) is 50.4 Å². The summed E-state index contributed by atoms with van der Waals surface area (Å²) >= 11 is 3.01. The van der Waals surface area contributed by atoms with E-state index in [1.807, 2.05) is 0 Å². The average Bonchev–Trinajstić information content (AvgIpc) is 2.85. The third-order valence-electron chi connectivity index (χ3n) is 2.88. The molecule has 7 heteroatoms. The third-order valence-corrected chi connectivity index (χ3v) is 3.37. The van der Waals surface area contributed by atoms with Gasteiger partial charge in [0.15, 0.2) is 0 Å². The van der Waals surface area contributed by atoms with E-state index in [1.165, 1.54) is 37.3 Å². The van der Waals surface area contributed by atoms with Gasteiger partial charge in [-0.25, -0.2) is 4.79 Å². The van der Waals surface area contributed by atoms with Gasteiger partial charge in [0.2, 0.25) is 0 Å². The molecule has 0 spiro atoms. The molecular formula is C15H10BrF3O3. The molecule has 0 atom stereocenters. The molecule has 116 valence electrons. The number of benzene rings is 1. The zero-order chi connectivity index (χ0) is 16.5. The average molecular weight is 375 g/mol. The first-order valence-corrected chi connectivity index (χ1v) is 6.86. The maximum absolute atomic E-state index is 13.1. The molecule has 2 aromatic rings. The van der Waals surface area contributed by atoms with Crippen LogP contribution in [0.4, 0.5) is 13.2 Å². The summed E-state index contributed by atoms with van der Waals surface area (Å²) in [5, 5.41) is 8.78. The van der Waals surface area contributed by atoms with Crippen molar-refractivity contribution in [2.24, 2.45) is 0 Å². The van der Waals surface area contributed by atoms with Crippen LogP contribution in [-0.4, -0.2) is 11.1 Å². The van der Waals surface area contributed by atoms with Crippen LogP contribution in [0.1, 0.15) is 18.2 Å². The number of carboxylic acids is 1. The van der Waals surface area contributed by atoms with Crippen molar-refractivity contribution in [2.45, 2.75) is 13.1 Å². The van der Waals surface area contributed by atoms with E-state index in [0.29, 0.717) is 4.47 Å². The second-order valence-corrected chi connectivity index (χ2v) is 5.44. The van der Waals surface area contributed by atoms with Gasteiger partial charge in [-0.05, 0) is 43.3 Å². The monoisotopic (exact) mass is 374 g/mol. The van der Waals surface area contributed by atoms with Crippen molar-refractivity contribution in [1.82, 2.24) is 0 Å². The summed E-state index contributed by atoms with van der Waals surface area (Å²) in [6.07, 6.45) is -3.28. The predicted octanol–water partition coefficient (Wildman–Crippen LogP) is 5.22. The molecule has 1 heterocycles. The fourth-order valence-corrected chi connectivity index (χ4v) is 2.18. The molecule has 0 radical (unpaired) electrons. The quantitative estimate of drug-likeness (QED) is 0.749. The molecule has 0 aliphatic rings. The summed E-state index contributed by atoms with van der Waals surface area (Å²) in [4.78, 5) is 10.7. The summed E-state index contributed by atoms with van der Waals surface area (Å²) in [5.74, 6) is -0.937. The second kappa shape index (κ2) is 6.00. The van der Waals surface area contributed by atoms with Crippen LogP contribution in [0.25, 0.3) is 17.4 Å². The van der Waals surface area contributed by atoms with Crippen LogP contribution in [0.3, 0.4) is 0 Å². The maximum Gasteiger partial charge on any atom is 0.417 e. The molecular weight excluding hydrogens is 365 g/mol. The summed E-state index contributed by atoms with van der Waals surface area (Å²) in [6.45, 7) is 1.37. The lowest BCUT2D eigenvalue weighted by atomic mass is 10.1. The standard InChI is InChI=1S/C15H10BrF3O3/c1-8(14(20)21)6-10-3-5-13(22-10)11-4-2-9(16)7-12(11)15(17,18)19/h2-7H,1H3,(H,20,21)/b8-6+. The minimum atomic E-state index is -4.53. The molecule has 0 amide bonds. The molecule has 3 nitrogen and oxygen atoms in total. The van der Waals surface area contributed by atoms with E-state index in [2.05, 4.69) is 15.9 Å². The number of hydrogen-bond acceptors (Lipinski definition) is 2. The number of alkyl halides is 3. The summed E-state index contributed by atoms with van der Waals surface area (Å²) < 4.78 is 44.9. The lowest BCUT2D eigenvalue weighted by Crippen LogP contribution is -2.06. The van der Waals surface area contributed by atoms with Gasteiger partial charge >= 0.3 is 12.1 Å². The van der Waals surface area contributed by atoms with Gasteiger partial charge in [-0.3, -0.25) is 0 Å². The second-order valence-electron chi connectivity index (χ2n) is 4.52. The third kappa shape index (κ3) is 3.59. The summed E-state index contributed by atoms with van der Waals surface area (Å²) in [5.41, 5.74) is -0.919. The highest BCUT2D eigenvalue weighted by atomic mass is 79.9. The van der Waals surface area contributed by atoms with Gasteiger partial charge in [0.1, 0.15) is 11.5 Å². The molecule has 0 bridgehead atoms. The molecule has 0 saturated heterocycles. The fraction of sp³-hybridized carbons (Fsp3) is 0.133. The molecule has 22 heavy (non-hydrogen) atoms. The lowest BCUT2D eigenvalue weighted by Gasteiger charge is -2.11. The molecule has 0 aliphatic heterocycles. The van der Waals surface area contributed by atoms with E-state index < -0.39 is 17.7 Å². The van der Waals surface area contributed by atoms with Crippen molar-refractivity contribution < 1.29 is 27.5 Å². The number of carboxylic acid groups (broad SMARTS) is 1. The van der Waals surface area contributed by atoms with Crippen molar-refractivity contribution in [2.75, 3.05) is 0 Å². The van der Waals surface area contributed by atoms with Gasteiger partial charge in [0.25, 0.3) is 0 Å². The normalized spacial score (nSPS) is 12.5. The minimum Gasteiger partial charge on any atom is -0.478 e. The van der Waals surface area contributed by atoms with E-state index in [0.717, 1.165) is 6.07 Å². The van der Waals surface area contributed by atoms with Crippen molar-refractivity contribution >= 4 is 28.0 Å². The van der Waals surface area contributed by atoms with Crippen LogP contribution >= 0.6 is 15.9 Å². The highest BCUT2D eigenvalue weighted by molar-refractivity contribution is 9.10. The number of rotatable bonds is 3. The van der Waals surface area contributed by atoms with Crippen LogP contribution in [-0.2, 0) is 11.0 Å². The van der Waals surface area contributed by atoms with Gasteiger partial charge in [-0.2, -0.15) is 13.2 Å². The van der Waals surface area contributed by atoms with E-state index >= 15 is 0 Å². The Morgan fingerprint density at radius 1 is 1.27 bits per heavy atom. The van der Waals surface area contributed by atoms with E-state index in [1.54, 1.807) is 0 Å². The number of hydrogen-bond donors (Lipinski definition) is 1. The summed E-state index contributed by atoms with van der Waals surface area (Å²) in [7, 11) is 0. The Kier molecular flexibility index (Phi) is 4.46. The van der Waals surface area contributed by atoms with Gasteiger partial charge in [-0.15, -0.1) is 0 Å². The Hall–Kier alpha value is -2.02. The molecule has 0 aliphatic carbocycles. The Morgan fingerprint density at radius 3 is 2.55 bits per heavy atom. The minimum absolute atomic E-state index is 0.0178. The first-order valence-electron chi connectivity index (χ1n) is 6.07. The smallest absolute Gasteiger partial charge is 0.417 e. The number of halogens is 4. The largest absolute Gasteiger partial charge is 0.478 e. The fourth-order valence-electron chi connectivity index (χ4n) is 1.82. The van der Waals surface area contributed by atoms with Crippen molar-refractivity contribution in [1.29, 1.82) is 0 Å². The Balaban J connectivity index is 2.48. The molecule has 1 aromatic heterocycles. The molecule has 0 fully saturated rings. The van der Waals surface area contributed by atoms with Crippen LogP contribution in [0.15, 0.2) is 44.8 Å². The highest BCUT2D eigenvalue weighted by Crippen LogP contribution is 2.39. The predicted molar refractivity (Wildman–Crippen MR) is 78.1 cm³/mol. The SMILES string of the molecule is C/C(=C\c1ccc(-c2ccc(Br)cc2C(F)(F)F)o1)C(=O)O. The number of aliphatic carboxylic acids is 1. The van der Waals surface area contributed by atoms with Gasteiger partial charge in [-0.1, -0.05) is 15.9 Å². The van der Waals surface area contributed by atoms with Crippen LogP contribution in [0, 0.1) is 0 Å². The van der Waals surface area contributed by atoms with Crippen LogP contribution in [0.2, 0.25) is 0 Å². The van der Waals surface area contributed by atoms with Gasteiger partial charge < -0.3 is 9.52 Å². The summed E-state index contributed by atoms with van der Waals surface area (Å²) in [6, 6.07) is 6.54. The molecule has 1 aromatic carbocycles. The van der Waals surface area contributed by atoms with Crippen molar-refractivity contribution in [3.05, 3.63) is 51.7 Å². The van der Waals surface area contributed by atoms with Gasteiger partial charge in [0.05, 0.1) is 5.56 Å². The Morgan fingerprint density at radius 2 is 1.95 bits per heavy atom. The molecule has 2 rings (SSSR count). The number of furan rings is 1. The van der Waals surface area contributed by atoms with Crippen LogP contribution < -0.4 is 0 Å². The van der Waals surface area contributed by atoms with Crippen LogP contribution in [0.5, 0.6) is 0 Å². The lowest BCUT2D eigenvalue weighted by molar-refractivity contribution is -0.137. The maximum atomic E-state index is 13.1. The van der Waals surface area contributed by atoms with E-state index in [-0.39, 0.29) is 22.7 Å². The first-order chi connectivity index (χ1) is 10.2. The van der Waals surface area contributed by atoms with Crippen molar-refractivity contribution in [3.63, 3.8) is 0 Å². The highest BCUT2D eigenvalue weighted by Gasteiger charge is 2.34. The first kappa shape index (κ1) is 16.4. The Bertz CT molecular complexity index is 745. The Labute approximate surface area is 132 Å². The van der Waals surface area contributed by atoms with E-state index in [4.69, 9.17) is 9.52 Å². The van der Waals surface area contributed by atoms with Gasteiger partial charge in [0, 0.05) is 15.6 Å².